The molecule has 0 aromatic heterocycles. The van der Waals surface area contributed by atoms with Crippen LogP contribution in [-0.4, -0.2) is 19.8 Å². The van der Waals surface area contributed by atoms with Crippen molar-refractivity contribution in [3.8, 4) is 0 Å². The zero-order chi connectivity index (χ0) is 12.5. The predicted octanol–water partition coefficient (Wildman–Crippen LogP) is 3.49. The molecule has 0 unspecified atom stereocenters. The van der Waals surface area contributed by atoms with Gasteiger partial charge >= 0.3 is 0 Å². The maximum atomic E-state index is 13.1. The van der Waals surface area contributed by atoms with Crippen LogP contribution in [0.1, 0.15) is 25.3 Å². The Morgan fingerprint density at radius 3 is 2.82 bits per heavy atom. The van der Waals surface area contributed by atoms with E-state index in [2.05, 4.69) is 28.2 Å². The fourth-order valence-electron chi connectivity index (χ4n) is 1.49. The Bertz CT molecular complexity index is 313. The van der Waals surface area contributed by atoms with E-state index in [0.29, 0.717) is 6.54 Å². The van der Waals surface area contributed by atoms with E-state index in [1.165, 1.54) is 6.07 Å². The molecule has 1 aromatic carbocycles. The molecule has 1 rings (SSSR count). The summed E-state index contributed by atoms with van der Waals surface area (Å²) in [5.74, 6) is -0.206. The third-order valence-corrected chi connectivity index (χ3v) is 2.70. The highest BCUT2D eigenvalue weighted by molar-refractivity contribution is 9.10. The Morgan fingerprint density at radius 1 is 1.29 bits per heavy atom. The van der Waals surface area contributed by atoms with Gasteiger partial charge in [-0.1, -0.05) is 22.9 Å². The number of halogens is 2. The van der Waals surface area contributed by atoms with E-state index in [-0.39, 0.29) is 5.82 Å². The third-order valence-electron chi connectivity index (χ3n) is 2.24. The van der Waals surface area contributed by atoms with E-state index in [1.54, 1.807) is 6.07 Å². The summed E-state index contributed by atoms with van der Waals surface area (Å²) < 4.78 is 19.2. The van der Waals surface area contributed by atoms with Crippen LogP contribution in [0.25, 0.3) is 0 Å². The van der Waals surface area contributed by atoms with E-state index >= 15 is 0 Å². The Hall–Kier alpha value is -0.450. The highest BCUT2D eigenvalue weighted by Gasteiger charge is 1.98. The van der Waals surface area contributed by atoms with E-state index in [0.717, 1.165) is 42.6 Å². The monoisotopic (exact) mass is 303 g/mol. The molecule has 0 aliphatic rings. The van der Waals surface area contributed by atoms with Crippen LogP contribution in [0.4, 0.5) is 4.39 Å². The van der Waals surface area contributed by atoms with Crippen molar-refractivity contribution in [1.29, 1.82) is 0 Å². The molecule has 0 heterocycles. The van der Waals surface area contributed by atoms with Gasteiger partial charge in [-0.05, 0) is 43.1 Å². The molecule has 2 nitrogen and oxygen atoms in total. The summed E-state index contributed by atoms with van der Waals surface area (Å²) in [7, 11) is 0. The molecule has 0 saturated heterocycles. The summed E-state index contributed by atoms with van der Waals surface area (Å²) in [4.78, 5) is 0. The first-order valence-electron chi connectivity index (χ1n) is 5.96. The van der Waals surface area contributed by atoms with Crippen LogP contribution in [0.5, 0.6) is 0 Å². The third kappa shape index (κ3) is 6.76. The smallest absolute Gasteiger partial charge is 0.124 e. The maximum absolute atomic E-state index is 13.1. The maximum Gasteiger partial charge on any atom is 0.124 e. The molecule has 0 amide bonds. The van der Waals surface area contributed by atoms with Crippen molar-refractivity contribution >= 4 is 15.9 Å². The number of hydrogen-bond acceptors (Lipinski definition) is 2. The number of nitrogens with one attached hydrogen (secondary N) is 1. The minimum atomic E-state index is -0.206. The van der Waals surface area contributed by atoms with Crippen LogP contribution in [0, 0.1) is 5.82 Å². The van der Waals surface area contributed by atoms with Crippen LogP contribution in [0.3, 0.4) is 0 Å². The second-order valence-corrected chi connectivity index (χ2v) is 4.84. The Labute approximate surface area is 111 Å². The first kappa shape index (κ1) is 14.6. The van der Waals surface area contributed by atoms with Crippen LogP contribution >= 0.6 is 15.9 Å². The van der Waals surface area contributed by atoms with Crippen molar-refractivity contribution in [2.24, 2.45) is 0 Å². The van der Waals surface area contributed by atoms with Gasteiger partial charge in [0, 0.05) is 24.2 Å². The zero-order valence-corrected chi connectivity index (χ0v) is 11.7. The molecular weight excluding hydrogens is 285 g/mol. The highest BCUT2D eigenvalue weighted by Crippen LogP contribution is 2.14. The average molecular weight is 304 g/mol. The molecule has 0 aliphatic heterocycles. The van der Waals surface area contributed by atoms with Crippen molar-refractivity contribution in [2.75, 3.05) is 19.8 Å². The topological polar surface area (TPSA) is 21.3 Å². The summed E-state index contributed by atoms with van der Waals surface area (Å²) in [6.45, 7) is 5.28. The van der Waals surface area contributed by atoms with Gasteiger partial charge in [-0.25, -0.2) is 4.39 Å². The number of benzene rings is 1. The first-order chi connectivity index (χ1) is 8.22. The lowest BCUT2D eigenvalue weighted by atomic mass is 10.2. The summed E-state index contributed by atoms with van der Waals surface area (Å²) in [6.07, 6.45) is 2.04. The number of hydrogen-bond donors (Lipinski definition) is 1. The summed E-state index contributed by atoms with van der Waals surface area (Å²) >= 11 is 3.28. The van der Waals surface area contributed by atoms with Gasteiger partial charge in [-0.3, -0.25) is 0 Å². The minimum absolute atomic E-state index is 0.206. The zero-order valence-electron chi connectivity index (χ0n) is 10.1. The van der Waals surface area contributed by atoms with Crippen molar-refractivity contribution < 1.29 is 9.13 Å². The molecular formula is C13H19BrFNO. The molecule has 0 spiro atoms. The normalized spacial score (nSPS) is 10.8. The predicted molar refractivity (Wildman–Crippen MR) is 71.5 cm³/mol. The van der Waals surface area contributed by atoms with Crippen molar-refractivity contribution in [2.45, 2.75) is 26.3 Å². The van der Waals surface area contributed by atoms with Gasteiger partial charge in [-0.2, -0.15) is 0 Å². The van der Waals surface area contributed by atoms with Crippen molar-refractivity contribution in [3.63, 3.8) is 0 Å². The van der Waals surface area contributed by atoms with E-state index in [4.69, 9.17) is 4.74 Å². The SMILES string of the molecule is CCCOCCCNCc1cc(F)cc(Br)c1. The molecule has 96 valence electrons. The van der Waals surface area contributed by atoms with Gasteiger partial charge in [0.25, 0.3) is 0 Å². The Balaban J connectivity index is 2.13. The minimum Gasteiger partial charge on any atom is -0.381 e. The lowest BCUT2D eigenvalue weighted by molar-refractivity contribution is 0.132. The van der Waals surface area contributed by atoms with Crippen molar-refractivity contribution in [1.82, 2.24) is 5.32 Å². The van der Waals surface area contributed by atoms with Gasteiger partial charge in [-0.15, -0.1) is 0 Å². The van der Waals surface area contributed by atoms with Crippen LogP contribution in [-0.2, 0) is 11.3 Å². The lowest BCUT2D eigenvalue weighted by Crippen LogP contribution is -2.16. The summed E-state index contributed by atoms with van der Waals surface area (Å²) in [5.41, 5.74) is 0.950. The van der Waals surface area contributed by atoms with E-state index < -0.39 is 0 Å². The molecule has 1 N–H and O–H groups in total. The average Bonchev–Trinajstić information content (AvgIpc) is 2.26. The fraction of sp³-hybridized carbons (Fsp3) is 0.538. The molecule has 17 heavy (non-hydrogen) atoms. The summed E-state index contributed by atoms with van der Waals surface area (Å²) in [6, 6.07) is 4.93. The first-order valence-corrected chi connectivity index (χ1v) is 6.75. The lowest BCUT2D eigenvalue weighted by Gasteiger charge is -2.06. The van der Waals surface area contributed by atoms with E-state index in [1.807, 2.05) is 6.07 Å². The summed E-state index contributed by atoms with van der Waals surface area (Å²) in [5, 5.41) is 3.27. The molecule has 0 radical (unpaired) electrons. The molecule has 0 aliphatic carbocycles. The van der Waals surface area contributed by atoms with Crippen molar-refractivity contribution in [3.05, 3.63) is 34.1 Å². The molecule has 0 saturated carbocycles. The molecule has 1 aromatic rings. The largest absolute Gasteiger partial charge is 0.381 e. The van der Waals surface area contributed by atoms with Gasteiger partial charge < -0.3 is 10.1 Å². The van der Waals surface area contributed by atoms with Gasteiger partial charge in [0.1, 0.15) is 5.82 Å². The molecule has 0 fully saturated rings. The standard InChI is InChI=1S/C13H19BrFNO/c1-2-5-17-6-3-4-16-10-11-7-12(14)9-13(15)8-11/h7-9,16H,2-6,10H2,1H3. The Morgan fingerprint density at radius 2 is 2.12 bits per heavy atom. The van der Waals surface area contributed by atoms with Gasteiger partial charge in [0.05, 0.1) is 0 Å². The second kappa shape index (κ2) is 8.61. The Kier molecular flexibility index (Phi) is 7.40. The van der Waals surface area contributed by atoms with Crippen LogP contribution < -0.4 is 5.32 Å². The van der Waals surface area contributed by atoms with Crippen LogP contribution in [0.15, 0.2) is 22.7 Å². The molecule has 0 atom stereocenters. The van der Waals surface area contributed by atoms with Crippen LogP contribution in [0.2, 0.25) is 0 Å². The van der Waals surface area contributed by atoms with E-state index in [9.17, 15) is 4.39 Å². The molecule has 4 heteroatoms. The quantitative estimate of drug-likeness (QED) is 0.742. The fourth-order valence-corrected chi connectivity index (χ4v) is 2.00. The van der Waals surface area contributed by atoms with Gasteiger partial charge in [0.2, 0.25) is 0 Å². The number of ether oxygens (including phenoxy) is 1. The molecule has 0 bridgehead atoms. The number of rotatable bonds is 8. The second-order valence-electron chi connectivity index (χ2n) is 3.92. The highest BCUT2D eigenvalue weighted by atomic mass is 79.9. The van der Waals surface area contributed by atoms with Gasteiger partial charge in [0.15, 0.2) is 0 Å².